The highest BCUT2D eigenvalue weighted by molar-refractivity contribution is 5.82. The Morgan fingerprint density at radius 2 is 2.00 bits per heavy atom. The Kier molecular flexibility index (Phi) is 4.63. The fraction of sp³-hybridized carbons (Fsp3) is 0.400. The van der Waals surface area contributed by atoms with Gasteiger partial charge in [0.2, 0.25) is 0 Å². The molecule has 5 heteroatoms. The number of hydrogen-bond donors (Lipinski definition) is 2. The van der Waals surface area contributed by atoms with E-state index in [-0.39, 0.29) is 6.03 Å². The highest BCUT2D eigenvalue weighted by Crippen LogP contribution is 2.24. The number of urea groups is 1. The zero-order valence-corrected chi connectivity index (χ0v) is 12.2. The minimum absolute atomic E-state index is 0.0725. The summed E-state index contributed by atoms with van der Waals surface area (Å²) >= 11 is 0. The first kappa shape index (κ1) is 14.4. The van der Waals surface area contributed by atoms with Crippen molar-refractivity contribution in [2.45, 2.75) is 13.5 Å². The third-order valence-corrected chi connectivity index (χ3v) is 3.19. The third-order valence-electron chi connectivity index (χ3n) is 3.19. The molecule has 2 N–H and O–H groups in total. The number of carbonyl (C=O) groups excluding carboxylic acids is 1. The van der Waals surface area contributed by atoms with Crippen LogP contribution in [0, 0.1) is 6.92 Å². The van der Waals surface area contributed by atoms with Crippen molar-refractivity contribution in [3.63, 3.8) is 0 Å². The van der Waals surface area contributed by atoms with Gasteiger partial charge < -0.3 is 20.0 Å². The molecule has 1 heterocycles. The summed E-state index contributed by atoms with van der Waals surface area (Å²) in [5.74, 6) is 0.941. The summed E-state index contributed by atoms with van der Waals surface area (Å²) in [4.78, 5) is 12.9. The van der Waals surface area contributed by atoms with Gasteiger partial charge in [-0.05, 0) is 13.0 Å². The highest BCUT2D eigenvalue weighted by atomic mass is 16.3. The van der Waals surface area contributed by atoms with Crippen molar-refractivity contribution in [2.75, 3.05) is 27.2 Å². The van der Waals surface area contributed by atoms with E-state index in [1.807, 2.05) is 25.1 Å². The van der Waals surface area contributed by atoms with Gasteiger partial charge in [0.15, 0.2) is 0 Å². The Hall–Kier alpha value is -2.01. The van der Waals surface area contributed by atoms with Gasteiger partial charge >= 0.3 is 6.03 Å². The zero-order chi connectivity index (χ0) is 14.5. The Morgan fingerprint density at radius 1 is 1.25 bits per heavy atom. The summed E-state index contributed by atoms with van der Waals surface area (Å²) in [5, 5.41) is 7.28. The number of aryl methyl sites for hydroxylation is 1. The van der Waals surface area contributed by atoms with Gasteiger partial charge in [0.05, 0.1) is 0 Å². The summed E-state index contributed by atoms with van der Waals surface area (Å²) < 4.78 is 5.71. The van der Waals surface area contributed by atoms with Crippen LogP contribution < -0.4 is 10.6 Å². The Morgan fingerprint density at radius 3 is 2.75 bits per heavy atom. The number of carbonyl (C=O) groups is 1. The SMILES string of the molecule is Cc1oc2ccccc2c1CNCCNC(=O)N(C)C. The lowest BCUT2D eigenvalue weighted by molar-refractivity contribution is 0.217. The van der Waals surface area contributed by atoms with E-state index in [9.17, 15) is 4.79 Å². The maximum atomic E-state index is 11.3. The van der Waals surface area contributed by atoms with Crippen LogP contribution in [-0.2, 0) is 6.54 Å². The van der Waals surface area contributed by atoms with Gasteiger partial charge in [-0.15, -0.1) is 0 Å². The van der Waals surface area contributed by atoms with Crippen LogP contribution in [0.1, 0.15) is 11.3 Å². The monoisotopic (exact) mass is 275 g/mol. The number of hydrogen-bond acceptors (Lipinski definition) is 3. The molecule has 2 aromatic rings. The van der Waals surface area contributed by atoms with E-state index in [1.165, 1.54) is 10.5 Å². The zero-order valence-electron chi connectivity index (χ0n) is 12.2. The van der Waals surface area contributed by atoms with Crippen LogP contribution in [-0.4, -0.2) is 38.1 Å². The summed E-state index contributed by atoms with van der Waals surface area (Å²) in [6, 6.07) is 7.95. The minimum atomic E-state index is -0.0725. The maximum absolute atomic E-state index is 11.3. The fourth-order valence-electron chi connectivity index (χ4n) is 2.07. The molecular formula is C15H21N3O2. The molecule has 0 aliphatic rings. The van der Waals surface area contributed by atoms with Crippen LogP contribution in [0.3, 0.4) is 0 Å². The van der Waals surface area contributed by atoms with Gasteiger partial charge in [0.25, 0.3) is 0 Å². The molecule has 0 saturated heterocycles. The molecule has 0 atom stereocenters. The lowest BCUT2D eigenvalue weighted by Gasteiger charge is -2.12. The second-order valence-electron chi connectivity index (χ2n) is 4.94. The molecule has 0 aliphatic carbocycles. The molecule has 0 aliphatic heterocycles. The maximum Gasteiger partial charge on any atom is 0.316 e. The van der Waals surface area contributed by atoms with Gasteiger partial charge in [0, 0.05) is 44.7 Å². The number of furan rings is 1. The van der Waals surface area contributed by atoms with Gasteiger partial charge in [-0.2, -0.15) is 0 Å². The molecule has 2 amide bonds. The van der Waals surface area contributed by atoms with E-state index in [0.717, 1.165) is 29.8 Å². The van der Waals surface area contributed by atoms with Crippen LogP contribution in [0.5, 0.6) is 0 Å². The fourth-order valence-corrected chi connectivity index (χ4v) is 2.07. The van der Waals surface area contributed by atoms with Crippen LogP contribution in [0.15, 0.2) is 28.7 Å². The van der Waals surface area contributed by atoms with Crippen molar-refractivity contribution >= 4 is 17.0 Å². The molecule has 0 unspecified atom stereocenters. The van der Waals surface area contributed by atoms with Crippen LogP contribution in [0.2, 0.25) is 0 Å². The number of fused-ring (bicyclic) bond motifs is 1. The minimum Gasteiger partial charge on any atom is -0.461 e. The van der Waals surface area contributed by atoms with E-state index in [1.54, 1.807) is 14.1 Å². The first-order valence-corrected chi connectivity index (χ1v) is 6.72. The van der Waals surface area contributed by atoms with Gasteiger partial charge in [-0.3, -0.25) is 0 Å². The predicted molar refractivity (Wildman–Crippen MR) is 79.7 cm³/mol. The van der Waals surface area contributed by atoms with Crippen LogP contribution in [0.25, 0.3) is 11.0 Å². The number of para-hydroxylation sites is 1. The summed E-state index contributed by atoms with van der Waals surface area (Å²) in [5.41, 5.74) is 2.10. The molecule has 0 saturated carbocycles. The third kappa shape index (κ3) is 3.30. The number of nitrogens with one attached hydrogen (secondary N) is 2. The Balaban J connectivity index is 1.84. The predicted octanol–water partition coefficient (Wildman–Crippen LogP) is 2.10. The molecule has 1 aromatic carbocycles. The highest BCUT2D eigenvalue weighted by Gasteiger charge is 2.09. The Bertz CT molecular complexity index is 590. The molecule has 2 rings (SSSR count). The van der Waals surface area contributed by atoms with Crippen LogP contribution in [0.4, 0.5) is 4.79 Å². The second-order valence-corrected chi connectivity index (χ2v) is 4.94. The molecule has 0 radical (unpaired) electrons. The van der Waals surface area contributed by atoms with E-state index in [2.05, 4.69) is 16.7 Å². The standard InChI is InChI=1S/C15H21N3O2/c1-11-13(12-6-4-5-7-14(12)20-11)10-16-8-9-17-15(19)18(2)3/h4-7,16H,8-10H2,1-3H3,(H,17,19). The largest absolute Gasteiger partial charge is 0.461 e. The Labute approximate surface area is 118 Å². The first-order chi connectivity index (χ1) is 9.59. The van der Waals surface area contributed by atoms with Gasteiger partial charge in [-0.1, -0.05) is 18.2 Å². The number of benzene rings is 1. The van der Waals surface area contributed by atoms with E-state index in [4.69, 9.17) is 4.42 Å². The van der Waals surface area contributed by atoms with Crippen molar-refractivity contribution in [2.24, 2.45) is 0 Å². The first-order valence-electron chi connectivity index (χ1n) is 6.72. The van der Waals surface area contributed by atoms with Gasteiger partial charge in [0.1, 0.15) is 11.3 Å². The van der Waals surface area contributed by atoms with E-state index < -0.39 is 0 Å². The van der Waals surface area contributed by atoms with E-state index >= 15 is 0 Å². The topological polar surface area (TPSA) is 57.5 Å². The number of rotatable bonds is 5. The van der Waals surface area contributed by atoms with Crippen molar-refractivity contribution < 1.29 is 9.21 Å². The molecular weight excluding hydrogens is 254 g/mol. The molecule has 0 bridgehead atoms. The van der Waals surface area contributed by atoms with E-state index in [0.29, 0.717) is 6.54 Å². The van der Waals surface area contributed by atoms with Crippen molar-refractivity contribution in [3.8, 4) is 0 Å². The van der Waals surface area contributed by atoms with Crippen molar-refractivity contribution in [1.82, 2.24) is 15.5 Å². The molecule has 0 fully saturated rings. The molecule has 5 nitrogen and oxygen atoms in total. The molecule has 20 heavy (non-hydrogen) atoms. The molecule has 0 spiro atoms. The normalized spacial score (nSPS) is 10.8. The summed E-state index contributed by atoms with van der Waals surface area (Å²) in [6.07, 6.45) is 0. The molecule has 108 valence electrons. The number of amides is 2. The van der Waals surface area contributed by atoms with Crippen molar-refractivity contribution in [1.29, 1.82) is 0 Å². The quantitative estimate of drug-likeness (QED) is 0.822. The summed E-state index contributed by atoms with van der Waals surface area (Å²) in [7, 11) is 3.45. The van der Waals surface area contributed by atoms with Gasteiger partial charge in [-0.25, -0.2) is 4.79 Å². The lowest BCUT2D eigenvalue weighted by atomic mass is 10.1. The summed E-state index contributed by atoms with van der Waals surface area (Å²) in [6.45, 7) is 4.04. The average molecular weight is 275 g/mol. The molecule has 1 aromatic heterocycles. The number of nitrogens with zero attached hydrogens (tertiary/aromatic N) is 1. The smallest absolute Gasteiger partial charge is 0.316 e. The van der Waals surface area contributed by atoms with Crippen LogP contribution >= 0.6 is 0 Å². The second kappa shape index (κ2) is 6.43. The average Bonchev–Trinajstić information content (AvgIpc) is 2.74. The lowest BCUT2D eigenvalue weighted by Crippen LogP contribution is -2.38. The van der Waals surface area contributed by atoms with Crippen molar-refractivity contribution in [3.05, 3.63) is 35.6 Å².